The lowest BCUT2D eigenvalue weighted by molar-refractivity contribution is -0.130. The van der Waals surface area contributed by atoms with Gasteiger partial charge in [0.25, 0.3) is 0 Å². The largest absolute Gasteiger partial charge is 0.354 e. The van der Waals surface area contributed by atoms with Gasteiger partial charge in [-0.1, -0.05) is 6.92 Å². The van der Waals surface area contributed by atoms with Gasteiger partial charge in [-0.25, -0.2) is 0 Å². The Morgan fingerprint density at radius 3 is 3.00 bits per heavy atom. The maximum atomic E-state index is 11.8. The smallest absolute Gasteiger partial charge is 0.236 e. The van der Waals surface area contributed by atoms with Gasteiger partial charge < -0.3 is 15.5 Å². The second-order valence-electron chi connectivity index (χ2n) is 4.17. The molecule has 1 rings (SSSR count). The molecule has 1 aliphatic rings. The standard InChI is InChI=1S/C11H21N3O2/c1-3-9(2)13-8-11(16)14-6-4-10(15)12-5-7-14/h9,13H,3-8H2,1-2H3,(H,12,15). The van der Waals surface area contributed by atoms with Crippen molar-refractivity contribution in [3.63, 3.8) is 0 Å². The number of amides is 2. The molecule has 0 aromatic heterocycles. The Morgan fingerprint density at radius 2 is 2.31 bits per heavy atom. The van der Waals surface area contributed by atoms with E-state index in [1.807, 2.05) is 0 Å². The SMILES string of the molecule is CCC(C)NCC(=O)N1CCNC(=O)CC1. The van der Waals surface area contributed by atoms with Crippen LogP contribution in [0.2, 0.25) is 0 Å². The lowest BCUT2D eigenvalue weighted by Crippen LogP contribution is -2.42. The fourth-order valence-corrected chi connectivity index (χ4v) is 1.53. The van der Waals surface area contributed by atoms with Gasteiger partial charge in [-0.05, 0) is 13.3 Å². The Balaban J connectivity index is 2.32. The van der Waals surface area contributed by atoms with Crippen LogP contribution in [0, 0.1) is 0 Å². The molecule has 0 radical (unpaired) electrons. The summed E-state index contributed by atoms with van der Waals surface area (Å²) >= 11 is 0. The topological polar surface area (TPSA) is 61.4 Å². The zero-order valence-corrected chi connectivity index (χ0v) is 10.1. The summed E-state index contributed by atoms with van der Waals surface area (Å²) in [7, 11) is 0. The first-order valence-electron chi connectivity index (χ1n) is 5.91. The Labute approximate surface area is 96.6 Å². The minimum Gasteiger partial charge on any atom is -0.354 e. The molecule has 5 heteroatoms. The van der Waals surface area contributed by atoms with Crippen molar-refractivity contribution in [1.82, 2.24) is 15.5 Å². The maximum absolute atomic E-state index is 11.8. The monoisotopic (exact) mass is 227 g/mol. The molecule has 1 heterocycles. The highest BCUT2D eigenvalue weighted by molar-refractivity contribution is 5.81. The van der Waals surface area contributed by atoms with Gasteiger partial charge in [0.2, 0.25) is 11.8 Å². The maximum Gasteiger partial charge on any atom is 0.236 e. The van der Waals surface area contributed by atoms with Gasteiger partial charge >= 0.3 is 0 Å². The van der Waals surface area contributed by atoms with Gasteiger partial charge in [-0.2, -0.15) is 0 Å². The van der Waals surface area contributed by atoms with Gasteiger partial charge in [0.15, 0.2) is 0 Å². The van der Waals surface area contributed by atoms with Crippen LogP contribution in [0.15, 0.2) is 0 Å². The normalized spacial score (nSPS) is 18.9. The summed E-state index contributed by atoms with van der Waals surface area (Å²) in [6.07, 6.45) is 1.42. The second-order valence-corrected chi connectivity index (χ2v) is 4.17. The Morgan fingerprint density at radius 1 is 1.56 bits per heavy atom. The molecule has 0 spiro atoms. The van der Waals surface area contributed by atoms with Crippen LogP contribution in [0.5, 0.6) is 0 Å². The average molecular weight is 227 g/mol. The molecule has 1 saturated heterocycles. The summed E-state index contributed by atoms with van der Waals surface area (Å²) in [6, 6.07) is 0.357. The third-order valence-corrected chi connectivity index (χ3v) is 2.88. The van der Waals surface area contributed by atoms with Crippen molar-refractivity contribution in [2.75, 3.05) is 26.2 Å². The minimum absolute atomic E-state index is 0.0326. The van der Waals surface area contributed by atoms with Crippen LogP contribution in [0.1, 0.15) is 26.7 Å². The van der Waals surface area contributed by atoms with E-state index in [4.69, 9.17) is 0 Å². The molecule has 16 heavy (non-hydrogen) atoms. The zero-order chi connectivity index (χ0) is 12.0. The third kappa shape index (κ3) is 4.18. The Bertz CT molecular complexity index is 256. The quantitative estimate of drug-likeness (QED) is 0.694. The van der Waals surface area contributed by atoms with Crippen LogP contribution in [0.4, 0.5) is 0 Å². The highest BCUT2D eigenvalue weighted by atomic mass is 16.2. The van der Waals surface area contributed by atoms with E-state index in [2.05, 4.69) is 24.5 Å². The summed E-state index contributed by atoms with van der Waals surface area (Å²) < 4.78 is 0. The average Bonchev–Trinajstić information content (AvgIpc) is 2.50. The number of hydrogen-bond donors (Lipinski definition) is 2. The van der Waals surface area contributed by atoms with Crippen molar-refractivity contribution < 1.29 is 9.59 Å². The lowest BCUT2D eigenvalue weighted by atomic mass is 10.2. The minimum atomic E-state index is 0.0326. The first-order valence-corrected chi connectivity index (χ1v) is 5.91. The molecule has 2 amide bonds. The second kappa shape index (κ2) is 6.48. The van der Waals surface area contributed by atoms with Crippen LogP contribution in [-0.2, 0) is 9.59 Å². The molecule has 5 nitrogen and oxygen atoms in total. The molecule has 0 aromatic carbocycles. The zero-order valence-electron chi connectivity index (χ0n) is 10.1. The van der Waals surface area contributed by atoms with Crippen LogP contribution < -0.4 is 10.6 Å². The van der Waals surface area contributed by atoms with Gasteiger partial charge in [-0.3, -0.25) is 9.59 Å². The molecule has 0 bridgehead atoms. The van der Waals surface area contributed by atoms with Crippen LogP contribution in [0.3, 0.4) is 0 Å². The van der Waals surface area contributed by atoms with Gasteiger partial charge in [0, 0.05) is 32.1 Å². The summed E-state index contributed by atoms with van der Waals surface area (Å²) in [5.74, 6) is 0.113. The highest BCUT2D eigenvalue weighted by Crippen LogP contribution is 1.97. The van der Waals surface area contributed by atoms with Gasteiger partial charge in [-0.15, -0.1) is 0 Å². The van der Waals surface area contributed by atoms with E-state index < -0.39 is 0 Å². The summed E-state index contributed by atoms with van der Waals surface area (Å²) in [5, 5.41) is 5.92. The molecular weight excluding hydrogens is 206 g/mol. The molecule has 2 N–H and O–H groups in total. The molecule has 0 aromatic rings. The number of nitrogens with one attached hydrogen (secondary N) is 2. The van der Waals surface area contributed by atoms with Crippen molar-refractivity contribution in [1.29, 1.82) is 0 Å². The Kier molecular flexibility index (Phi) is 5.25. The van der Waals surface area contributed by atoms with Crippen molar-refractivity contribution in [2.24, 2.45) is 0 Å². The van der Waals surface area contributed by atoms with Crippen LogP contribution in [0.25, 0.3) is 0 Å². The van der Waals surface area contributed by atoms with Gasteiger partial charge in [0.05, 0.1) is 6.54 Å². The highest BCUT2D eigenvalue weighted by Gasteiger charge is 2.18. The summed E-state index contributed by atoms with van der Waals surface area (Å²) in [4.78, 5) is 24.6. The fourth-order valence-electron chi connectivity index (χ4n) is 1.53. The first-order chi connectivity index (χ1) is 7.63. The van der Waals surface area contributed by atoms with E-state index in [0.717, 1.165) is 6.42 Å². The van der Waals surface area contributed by atoms with Crippen molar-refractivity contribution in [3.8, 4) is 0 Å². The molecule has 1 unspecified atom stereocenters. The number of rotatable bonds is 4. The van der Waals surface area contributed by atoms with Crippen molar-refractivity contribution in [3.05, 3.63) is 0 Å². The molecule has 1 aliphatic heterocycles. The van der Waals surface area contributed by atoms with E-state index in [9.17, 15) is 9.59 Å². The number of hydrogen-bond acceptors (Lipinski definition) is 3. The summed E-state index contributed by atoms with van der Waals surface area (Å²) in [5.41, 5.74) is 0. The van der Waals surface area contributed by atoms with E-state index in [1.165, 1.54) is 0 Å². The van der Waals surface area contributed by atoms with Crippen LogP contribution >= 0.6 is 0 Å². The fraction of sp³-hybridized carbons (Fsp3) is 0.818. The van der Waals surface area contributed by atoms with Crippen LogP contribution in [-0.4, -0.2) is 48.9 Å². The summed E-state index contributed by atoms with van der Waals surface area (Å²) in [6.45, 7) is 6.22. The predicted molar refractivity (Wildman–Crippen MR) is 62.0 cm³/mol. The van der Waals surface area contributed by atoms with E-state index in [-0.39, 0.29) is 11.8 Å². The van der Waals surface area contributed by atoms with E-state index >= 15 is 0 Å². The Hall–Kier alpha value is -1.10. The van der Waals surface area contributed by atoms with Gasteiger partial charge in [0.1, 0.15) is 0 Å². The number of carbonyl (C=O) groups is 2. The third-order valence-electron chi connectivity index (χ3n) is 2.88. The molecule has 92 valence electrons. The van der Waals surface area contributed by atoms with E-state index in [0.29, 0.717) is 38.6 Å². The predicted octanol–water partition coefficient (Wildman–Crippen LogP) is -0.277. The molecular formula is C11H21N3O2. The molecule has 0 saturated carbocycles. The molecule has 1 atom stereocenters. The van der Waals surface area contributed by atoms with Crippen molar-refractivity contribution >= 4 is 11.8 Å². The van der Waals surface area contributed by atoms with Crippen molar-refractivity contribution in [2.45, 2.75) is 32.7 Å². The molecule has 1 fully saturated rings. The lowest BCUT2D eigenvalue weighted by Gasteiger charge is -2.21. The molecule has 0 aliphatic carbocycles. The van der Waals surface area contributed by atoms with E-state index in [1.54, 1.807) is 4.90 Å². The first kappa shape index (κ1) is 13.0. The number of carbonyl (C=O) groups excluding carboxylic acids is 2. The number of nitrogens with zero attached hydrogens (tertiary/aromatic N) is 1.